The highest BCUT2D eigenvalue weighted by Crippen LogP contribution is 2.35. The van der Waals surface area contributed by atoms with Crippen molar-refractivity contribution in [1.29, 1.82) is 0 Å². The second-order valence-electron chi connectivity index (χ2n) is 7.84. The van der Waals surface area contributed by atoms with E-state index in [0.717, 1.165) is 51.6 Å². The third-order valence-electron chi connectivity index (χ3n) is 5.77. The normalized spacial score (nSPS) is 10.7. The Hall–Kier alpha value is -4.06. The van der Waals surface area contributed by atoms with E-state index >= 15 is 0 Å². The number of nitrogens with zero attached hydrogens (tertiary/aromatic N) is 2. The van der Waals surface area contributed by atoms with E-state index in [1.54, 1.807) is 20.3 Å². The van der Waals surface area contributed by atoms with Crippen LogP contribution < -0.4 is 9.47 Å². The van der Waals surface area contributed by atoms with E-state index in [0.29, 0.717) is 12.1 Å². The van der Waals surface area contributed by atoms with Crippen molar-refractivity contribution in [3.8, 4) is 34.0 Å². The summed E-state index contributed by atoms with van der Waals surface area (Å²) in [5.74, 6) is 1.20. The molecule has 0 radical (unpaired) electrons. The molecule has 4 aromatic rings. The molecule has 0 N–H and O–H groups in total. The number of benzene rings is 3. The standard InChI is InChI=1S/C28H28N2O4/c1-5-25-26(20-10-7-13-23(16-20)32-2)29-30(27(25)21-11-8-14-24(17-21)33-3)18-19-9-6-12-22(15-19)28(31)34-4/h6-17H,5,18H2,1-4H3. The zero-order valence-corrected chi connectivity index (χ0v) is 19.9. The molecule has 0 aliphatic heterocycles. The Balaban J connectivity index is 1.89. The van der Waals surface area contributed by atoms with Crippen LogP contribution in [0.1, 0.15) is 28.4 Å². The van der Waals surface area contributed by atoms with Gasteiger partial charge in [0, 0.05) is 16.7 Å². The van der Waals surface area contributed by atoms with E-state index in [9.17, 15) is 4.79 Å². The Kier molecular flexibility index (Phi) is 6.97. The second kappa shape index (κ2) is 10.3. The fourth-order valence-corrected chi connectivity index (χ4v) is 4.13. The fraction of sp³-hybridized carbons (Fsp3) is 0.214. The van der Waals surface area contributed by atoms with Gasteiger partial charge in [-0.2, -0.15) is 5.10 Å². The van der Waals surface area contributed by atoms with E-state index in [1.807, 2.05) is 65.3 Å². The molecule has 3 aromatic carbocycles. The number of hydrogen-bond acceptors (Lipinski definition) is 5. The van der Waals surface area contributed by atoms with Gasteiger partial charge in [-0.1, -0.05) is 43.3 Å². The Morgan fingerprint density at radius 3 is 2.15 bits per heavy atom. The lowest BCUT2D eigenvalue weighted by atomic mass is 9.99. The lowest BCUT2D eigenvalue weighted by Gasteiger charge is -2.11. The van der Waals surface area contributed by atoms with Crippen LogP contribution in [0.15, 0.2) is 72.8 Å². The summed E-state index contributed by atoms with van der Waals surface area (Å²) in [7, 11) is 4.71. The zero-order valence-electron chi connectivity index (χ0n) is 19.9. The molecule has 34 heavy (non-hydrogen) atoms. The molecule has 6 nitrogen and oxygen atoms in total. The summed E-state index contributed by atoms with van der Waals surface area (Å²) in [5.41, 5.74) is 6.52. The lowest BCUT2D eigenvalue weighted by Crippen LogP contribution is -2.07. The number of esters is 1. The molecule has 0 saturated carbocycles. The molecule has 0 bridgehead atoms. The van der Waals surface area contributed by atoms with Crippen LogP contribution in [0.2, 0.25) is 0 Å². The van der Waals surface area contributed by atoms with Crippen LogP contribution in [-0.2, 0) is 17.7 Å². The first kappa shape index (κ1) is 23.1. The van der Waals surface area contributed by atoms with Crippen molar-refractivity contribution in [2.45, 2.75) is 19.9 Å². The Bertz CT molecular complexity index is 1310. The quantitative estimate of drug-likeness (QED) is 0.322. The predicted molar refractivity (Wildman–Crippen MR) is 132 cm³/mol. The summed E-state index contributed by atoms with van der Waals surface area (Å²) in [4.78, 5) is 12.1. The van der Waals surface area contributed by atoms with Crippen molar-refractivity contribution in [3.63, 3.8) is 0 Å². The van der Waals surface area contributed by atoms with E-state index < -0.39 is 0 Å². The summed E-state index contributed by atoms with van der Waals surface area (Å²) >= 11 is 0. The van der Waals surface area contributed by atoms with Gasteiger partial charge in [0.25, 0.3) is 0 Å². The van der Waals surface area contributed by atoms with Gasteiger partial charge in [0.15, 0.2) is 0 Å². The first-order chi connectivity index (χ1) is 16.6. The predicted octanol–water partition coefficient (Wildman–Crippen LogP) is 5.63. The molecule has 4 rings (SSSR count). The molecule has 0 aliphatic carbocycles. The average molecular weight is 457 g/mol. The number of carbonyl (C=O) groups excluding carboxylic acids is 1. The van der Waals surface area contributed by atoms with Gasteiger partial charge in [-0.15, -0.1) is 0 Å². The molecule has 1 heterocycles. The molecule has 0 spiro atoms. The van der Waals surface area contributed by atoms with Crippen LogP contribution in [0.5, 0.6) is 11.5 Å². The number of aromatic nitrogens is 2. The highest BCUT2D eigenvalue weighted by Gasteiger charge is 2.21. The van der Waals surface area contributed by atoms with Crippen molar-refractivity contribution in [2.24, 2.45) is 0 Å². The number of ether oxygens (including phenoxy) is 3. The molecular formula is C28H28N2O4. The molecule has 0 fully saturated rings. The van der Waals surface area contributed by atoms with Gasteiger partial charge in [0.1, 0.15) is 11.5 Å². The third-order valence-corrected chi connectivity index (χ3v) is 5.77. The van der Waals surface area contributed by atoms with Crippen LogP contribution in [0, 0.1) is 0 Å². The van der Waals surface area contributed by atoms with Gasteiger partial charge >= 0.3 is 5.97 Å². The molecule has 0 saturated heterocycles. The number of methoxy groups -OCH3 is 3. The molecule has 174 valence electrons. The van der Waals surface area contributed by atoms with Gasteiger partial charge in [-0.25, -0.2) is 4.79 Å². The Labute approximate surface area is 199 Å². The summed E-state index contributed by atoms with van der Waals surface area (Å²) in [6.45, 7) is 2.63. The van der Waals surface area contributed by atoms with Gasteiger partial charge in [-0.3, -0.25) is 4.68 Å². The molecule has 0 amide bonds. The first-order valence-corrected chi connectivity index (χ1v) is 11.1. The molecule has 1 aromatic heterocycles. The number of carbonyl (C=O) groups is 1. The molecule has 0 unspecified atom stereocenters. The highest BCUT2D eigenvalue weighted by atomic mass is 16.5. The maximum absolute atomic E-state index is 12.1. The maximum atomic E-state index is 12.1. The van der Waals surface area contributed by atoms with E-state index in [-0.39, 0.29) is 5.97 Å². The molecular weight excluding hydrogens is 428 g/mol. The van der Waals surface area contributed by atoms with E-state index in [2.05, 4.69) is 13.0 Å². The van der Waals surface area contributed by atoms with Crippen molar-refractivity contribution in [1.82, 2.24) is 9.78 Å². The fourth-order valence-electron chi connectivity index (χ4n) is 4.13. The maximum Gasteiger partial charge on any atom is 0.337 e. The number of hydrogen-bond donors (Lipinski definition) is 0. The Morgan fingerprint density at radius 2 is 1.50 bits per heavy atom. The number of rotatable bonds is 8. The third kappa shape index (κ3) is 4.66. The van der Waals surface area contributed by atoms with Gasteiger partial charge < -0.3 is 14.2 Å². The molecule has 0 aliphatic rings. The van der Waals surface area contributed by atoms with Gasteiger partial charge in [0.05, 0.1) is 44.8 Å². The van der Waals surface area contributed by atoms with Crippen LogP contribution in [-0.4, -0.2) is 37.1 Å². The molecule has 6 heteroatoms. The van der Waals surface area contributed by atoms with Gasteiger partial charge in [0.2, 0.25) is 0 Å². The minimum atomic E-state index is -0.360. The van der Waals surface area contributed by atoms with Crippen molar-refractivity contribution < 1.29 is 19.0 Å². The van der Waals surface area contributed by atoms with Crippen LogP contribution in [0.3, 0.4) is 0 Å². The first-order valence-electron chi connectivity index (χ1n) is 11.1. The molecule has 0 atom stereocenters. The van der Waals surface area contributed by atoms with E-state index in [1.165, 1.54) is 7.11 Å². The summed E-state index contributed by atoms with van der Waals surface area (Å²) in [6, 6.07) is 23.4. The van der Waals surface area contributed by atoms with Crippen LogP contribution in [0.4, 0.5) is 0 Å². The van der Waals surface area contributed by atoms with E-state index in [4.69, 9.17) is 19.3 Å². The summed E-state index contributed by atoms with van der Waals surface area (Å²) < 4.78 is 17.8. The Morgan fingerprint density at radius 1 is 0.853 bits per heavy atom. The van der Waals surface area contributed by atoms with Crippen LogP contribution >= 0.6 is 0 Å². The lowest BCUT2D eigenvalue weighted by molar-refractivity contribution is 0.0600. The summed E-state index contributed by atoms with van der Waals surface area (Å²) in [6.07, 6.45) is 0.793. The highest BCUT2D eigenvalue weighted by molar-refractivity contribution is 5.89. The second-order valence-corrected chi connectivity index (χ2v) is 7.84. The monoisotopic (exact) mass is 456 g/mol. The van der Waals surface area contributed by atoms with Crippen molar-refractivity contribution in [3.05, 3.63) is 89.5 Å². The zero-order chi connectivity index (χ0) is 24.1. The largest absolute Gasteiger partial charge is 0.497 e. The minimum Gasteiger partial charge on any atom is -0.497 e. The van der Waals surface area contributed by atoms with Gasteiger partial charge in [-0.05, 0) is 48.4 Å². The van der Waals surface area contributed by atoms with Crippen LogP contribution in [0.25, 0.3) is 22.5 Å². The minimum absolute atomic E-state index is 0.360. The SMILES string of the molecule is CCc1c(-c2cccc(OC)c2)nn(Cc2cccc(C(=O)OC)c2)c1-c1cccc(OC)c1. The van der Waals surface area contributed by atoms with Crippen molar-refractivity contribution in [2.75, 3.05) is 21.3 Å². The topological polar surface area (TPSA) is 62.6 Å². The van der Waals surface area contributed by atoms with Crippen molar-refractivity contribution >= 4 is 5.97 Å². The summed E-state index contributed by atoms with van der Waals surface area (Å²) in [5, 5.41) is 5.05. The average Bonchev–Trinajstić information content (AvgIpc) is 3.26. The smallest absolute Gasteiger partial charge is 0.337 e.